The summed E-state index contributed by atoms with van der Waals surface area (Å²) in [5.74, 6) is -0.000100. The lowest BCUT2D eigenvalue weighted by Crippen LogP contribution is -2.37. The number of halogens is 3. The lowest BCUT2D eigenvalue weighted by Gasteiger charge is -2.32. The maximum absolute atomic E-state index is 12.7. The third-order valence-electron chi connectivity index (χ3n) is 4.81. The maximum atomic E-state index is 12.7. The van der Waals surface area contributed by atoms with E-state index in [1.807, 2.05) is 18.3 Å². The summed E-state index contributed by atoms with van der Waals surface area (Å²) in [5, 5.41) is 1.09. The van der Waals surface area contributed by atoms with Crippen LogP contribution < -0.4 is 0 Å². The van der Waals surface area contributed by atoms with Gasteiger partial charge in [0.15, 0.2) is 0 Å². The molecule has 4 heterocycles. The summed E-state index contributed by atoms with van der Waals surface area (Å²) >= 11 is 0.513. The van der Waals surface area contributed by atoms with Crippen molar-refractivity contribution in [2.75, 3.05) is 13.1 Å². The zero-order valence-electron chi connectivity index (χ0n) is 13.7. The van der Waals surface area contributed by atoms with E-state index in [4.69, 9.17) is 0 Å². The number of H-pyrrole nitrogens is 1. The van der Waals surface area contributed by atoms with Gasteiger partial charge in [0, 0.05) is 30.9 Å². The van der Waals surface area contributed by atoms with E-state index in [0.717, 1.165) is 29.9 Å². The molecule has 1 aliphatic heterocycles. The average Bonchev–Trinajstić information content (AvgIpc) is 3.30. The van der Waals surface area contributed by atoms with Crippen LogP contribution in [-0.4, -0.2) is 33.9 Å². The van der Waals surface area contributed by atoms with Crippen LogP contribution in [0, 0.1) is 0 Å². The first-order valence-corrected chi connectivity index (χ1v) is 9.13. The molecule has 4 rings (SSSR count). The number of fused-ring (bicyclic) bond motifs is 1. The Balaban J connectivity index is 1.46. The van der Waals surface area contributed by atoms with Crippen molar-refractivity contribution in [1.29, 1.82) is 0 Å². The molecule has 0 spiro atoms. The molecule has 0 aliphatic carbocycles. The van der Waals surface area contributed by atoms with Crippen molar-refractivity contribution in [3.8, 4) is 0 Å². The van der Waals surface area contributed by atoms with Crippen LogP contribution in [0.3, 0.4) is 0 Å². The van der Waals surface area contributed by atoms with Gasteiger partial charge < -0.3 is 9.88 Å². The van der Waals surface area contributed by atoms with Crippen molar-refractivity contribution in [2.24, 2.45) is 0 Å². The third-order valence-corrected chi connectivity index (χ3v) is 5.93. The van der Waals surface area contributed by atoms with E-state index in [2.05, 4.69) is 9.97 Å². The number of amides is 1. The molecule has 0 aromatic carbocycles. The van der Waals surface area contributed by atoms with Crippen molar-refractivity contribution in [3.05, 3.63) is 52.0 Å². The number of alkyl halides is 3. The largest absolute Gasteiger partial charge is 0.425 e. The van der Waals surface area contributed by atoms with Gasteiger partial charge in [0.2, 0.25) is 0 Å². The molecule has 8 heteroatoms. The molecule has 0 unspecified atom stereocenters. The summed E-state index contributed by atoms with van der Waals surface area (Å²) < 4.78 is 38.2. The number of piperidine rings is 1. The van der Waals surface area contributed by atoms with E-state index in [1.54, 1.807) is 11.1 Å². The predicted molar refractivity (Wildman–Crippen MR) is 93.3 cm³/mol. The van der Waals surface area contributed by atoms with E-state index >= 15 is 0 Å². The standard InChI is InChI=1S/C18H16F3N3OS/c19-18(20,21)15-2-1-14(26-15)17(25)24-9-5-11(6-10-24)12-3-7-22-16-13(12)4-8-23-16/h1-4,7-8,11H,5-6,9-10H2,(H,22,23). The molecule has 3 aromatic rings. The summed E-state index contributed by atoms with van der Waals surface area (Å²) in [6.45, 7) is 1.08. The maximum Gasteiger partial charge on any atom is 0.425 e. The molecule has 1 saturated heterocycles. The van der Waals surface area contributed by atoms with Crippen LogP contribution in [0.5, 0.6) is 0 Å². The molecular weight excluding hydrogens is 363 g/mol. The van der Waals surface area contributed by atoms with Crippen LogP contribution in [-0.2, 0) is 6.18 Å². The van der Waals surface area contributed by atoms with Gasteiger partial charge in [-0.1, -0.05) is 0 Å². The summed E-state index contributed by atoms with van der Waals surface area (Å²) in [5.41, 5.74) is 2.05. The fraction of sp³-hybridized carbons (Fsp3) is 0.333. The van der Waals surface area contributed by atoms with E-state index in [9.17, 15) is 18.0 Å². The van der Waals surface area contributed by atoms with Crippen molar-refractivity contribution in [2.45, 2.75) is 24.9 Å². The van der Waals surface area contributed by atoms with Gasteiger partial charge >= 0.3 is 6.18 Å². The van der Waals surface area contributed by atoms with Crippen LogP contribution in [0.1, 0.15) is 38.9 Å². The Morgan fingerprint density at radius 2 is 1.96 bits per heavy atom. The molecule has 1 N–H and O–H groups in total. The van der Waals surface area contributed by atoms with Gasteiger partial charge in [-0.25, -0.2) is 4.98 Å². The number of nitrogens with zero attached hydrogens (tertiary/aromatic N) is 2. The summed E-state index contributed by atoms with van der Waals surface area (Å²) in [7, 11) is 0. The molecule has 1 fully saturated rings. The number of rotatable bonds is 2. The SMILES string of the molecule is O=C(c1ccc(C(F)(F)F)s1)N1CCC(c2ccnc3[nH]ccc23)CC1. The summed E-state index contributed by atoms with van der Waals surface area (Å²) in [4.78, 5) is 21.0. The Kier molecular flexibility index (Phi) is 4.22. The first-order valence-electron chi connectivity index (χ1n) is 8.32. The number of carbonyl (C=O) groups is 1. The summed E-state index contributed by atoms with van der Waals surface area (Å²) in [6, 6.07) is 6.26. The molecule has 3 aromatic heterocycles. The Morgan fingerprint density at radius 1 is 1.19 bits per heavy atom. The van der Waals surface area contributed by atoms with Gasteiger partial charge in [-0.15, -0.1) is 11.3 Å². The van der Waals surface area contributed by atoms with Gasteiger partial charge in [0.25, 0.3) is 5.91 Å². The average molecular weight is 379 g/mol. The smallest absolute Gasteiger partial charge is 0.346 e. The molecule has 0 saturated carbocycles. The lowest BCUT2D eigenvalue weighted by atomic mass is 9.88. The van der Waals surface area contributed by atoms with Crippen molar-refractivity contribution in [1.82, 2.24) is 14.9 Å². The Hall–Kier alpha value is -2.35. The molecule has 1 aliphatic rings. The van der Waals surface area contributed by atoms with E-state index in [0.29, 0.717) is 30.3 Å². The van der Waals surface area contributed by atoms with Gasteiger partial charge in [-0.05, 0) is 48.6 Å². The van der Waals surface area contributed by atoms with Gasteiger partial charge in [-0.3, -0.25) is 4.79 Å². The Bertz CT molecular complexity index is 938. The van der Waals surface area contributed by atoms with Crippen LogP contribution in [0.25, 0.3) is 11.0 Å². The highest BCUT2D eigenvalue weighted by molar-refractivity contribution is 7.14. The number of thiophene rings is 1. The van der Waals surface area contributed by atoms with Crippen LogP contribution >= 0.6 is 11.3 Å². The minimum atomic E-state index is -4.40. The summed E-state index contributed by atoms with van der Waals surface area (Å²) in [6.07, 6.45) is 0.797. The van der Waals surface area contributed by atoms with Crippen molar-refractivity contribution >= 4 is 28.3 Å². The number of aromatic nitrogens is 2. The van der Waals surface area contributed by atoms with Gasteiger partial charge in [0.05, 0.1) is 4.88 Å². The minimum absolute atomic E-state index is 0.146. The second kappa shape index (κ2) is 6.42. The number of hydrogen-bond donors (Lipinski definition) is 1. The molecule has 4 nitrogen and oxygen atoms in total. The molecule has 1 amide bonds. The predicted octanol–water partition coefficient (Wildman–Crippen LogP) is 4.66. The van der Waals surface area contributed by atoms with Crippen molar-refractivity contribution in [3.63, 3.8) is 0 Å². The molecule has 0 atom stereocenters. The molecule has 136 valence electrons. The third kappa shape index (κ3) is 3.09. The molecule has 0 radical (unpaired) electrons. The number of pyridine rings is 1. The van der Waals surface area contributed by atoms with E-state index in [1.165, 1.54) is 11.6 Å². The van der Waals surface area contributed by atoms with E-state index in [-0.39, 0.29) is 10.8 Å². The quantitative estimate of drug-likeness (QED) is 0.704. The zero-order valence-corrected chi connectivity index (χ0v) is 14.5. The first-order chi connectivity index (χ1) is 12.4. The fourth-order valence-electron chi connectivity index (χ4n) is 3.49. The monoisotopic (exact) mass is 379 g/mol. The number of hydrogen-bond acceptors (Lipinski definition) is 3. The zero-order chi connectivity index (χ0) is 18.3. The minimum Gasteiger partial charge on any atom is -0.346 e. The van der Waals surface area contributed by atoms with Crippen LogP contribution in [0.2, 0.25) is 0 Å². The molecule has 26 heavy (non-hydrogen) atoms. The second-order valence-corrected chi connectivity index (χ2v) is 7.45. The fourth-order valence-corrected chi connectivity index (χ4v) is 4.33. The lowest BCUT2D eigenvalue weighted by molar-refractivity contribution is -0.134. The number of nitrogens with one attached hydrogen (secondary N) is 1. The first kappa shape index (κ1) is 17.1. The van der Waals surface area contributed by atoms with Crippen LogP contribution in [0.15, 0.2) is 36.7 Å². The topological polar surface area (TPSA) is 49.0 Å². The Morgan fingerprint density at radius 3 is 2.65 bits per heavy atom. The number of aromatic amines is 1. The highest BCUT2D eigenvalue weighted by atomic mass is 32.1. The molecular formula is C18H16F3N3OS. The number of carbonyl (C=O) groups excluding carboxylic acids is 1. The van der Waals surface area contributed by atoms with E-state index < -0.39 is 11.1 Å². The second-order valence-electron chi connectivity index (χ2n) is 6.37. The van der Waals surface area contributed by atoms with Crippen LogP contribution in [0.4, 0.5) is 13.2 Å². The highest BCUT2D eigenvalue weighted by Gasteiger charge is 2.34. The Labute approximate surface area is 151 Å². The van der Waals surface area contributed by atoms with Crippen molar-refractivity contribution < 1.29 is 18.0 Å². The normalized spacial score (nSPS) is 16.3. The molecule has 0 bridgehead atoms. The van der Waals surface area contributed by atoms with Gasteiger partial charge in [0.1, 0.15) is 10.5 Å². The van der Waals surface area contributed by atoms with Gasteiger partial charge in [-0.2, -0.15) is 13.2 Å². The number of likely N-dealkylation sites (tertiary alicyclic amines) is 1. The highest BCUT2D eigenvalue weighted by Crippen LogP contribution is 2.36.